The van der Waals surface area contributed by atoms with Gasteiger partial charge in [0.05, 0.1) is 12.1 Å². The lowest BCUT2D eigenvalue weighted by molar-refractivity contribution is 0.0938. The standard InChI is InChI=1S/C26H36N2O2/c1-19(2)30-23-14-10-21(11-15-23)25(29)27-18-24(28-16-6-7-17-28)20-8-12-22(13-9-20)26(3,4)5/h8-15,19,24H,6-7,16-18H2,1-5H3,(H,27,29)/t24-/m1/s1. The molecule has 1 aliphatic heterocycles. The van der Waals surface area contributed by atoms with Gasteiger partial charge < -0.3 is 10.1 Å². The van der Waals surface area contributed by atoms with Crippen molar-refractivity contribution in [1.82, 2.24) is 10.2 Å². The van der Waals surface area contributed by atoms with Crippen LogP contribution in [-0.4, -0.2) is 36.5 Å². The Hall–Kier alpha value is -2.33. The summed E-state index contributed by atoms with van der Waals surface area (Å²) in [6, 6.07) is 16.5. The van der Waals surface area contributed by atoms with Crippen LogP contribution < -0.4 is 10.1 Å². The van der Waals surface area contributed by atoms with Crippen LogP contribution in [0.15, 0.2) is 48.5 Å². The molecule has 2 aromatic carbocycles. The van der Waals surface area contributed by atoms with Crippen LogP contribution in [0.4, 0.5) is 0 Å². The number of benzene rings is 2. The van der Waals surface area contributed by atoms with Crippen molar-refractivity contribution in [2.45, 2.75) is 65.0 Å². The third-order valence-electron chi connectivity index (χ3n) is 5.69. The Bertz CT molecular complexity index is 814. The molecule has 30 heavy (non-hydrogen) atoms. The van der Waals surface area contributed by atoms with Crippen molar-refractivity contribution in [2.24, 2.45) is 0 Å². The van der Waals surface area contributed by atoms with E-state index in [1.54, 1.807) is 0 Å². The molecule has 1 N–H and O–H groups in total. The van der Waals surface area contributed by atoms with Crippen LogP contribution in [0.5, 0.6) is 5.75 Å². The summed E-state index contributed by atoms with van der Waals surface area (Å²) < 4.78 is 5.67. The Morgan fingerprint density at radius 2 is 1.60 bits per heavy atom. The highest BCUT2D eigenvalue weighted by atomic mass is 16.5. The minimum atomic E-state index is -0.0402. The number of amides is 1. The molecule has 0 aromatic heterocycles. The summed E-state index contributed by atoms with van der Waals surface area (Å²) in [5.74, 6) is 0.747. The molecule has 0 spiro atoms. The number of carbonyl (C=O) groups is 1. The van der Waals surface area contributed by atoms with E-state index in [0.29, 0.717) is 12.1 Å². The summed E-state index contributed by atoms with van der Waals surface area (Å²) in [6.07, 6.45) is 2.57. The number of nitrogens with zero attached hydrogens (tertiary/aromatic N) is 1. The maximum atomic E-state index is 12.7. The molecule has 0 aliphatic carbocycles. The maximum absolute atomic E-state index is 12.7. The van der Waals surface area contributed by atoms with Gasteiger partial charge in [0.1, 0.15) is 5.75 Å². The van der Waals surface area contributed by atoms with Crippen LogP contribution >= 0.6 is 0 Å². The third-order valence-corrected chi connectivity index (χ3v) is 5.69. The maximum Gasteiger partial charge on any atom is 0.251 e. The Morgan fingerprint density at radius 1 is 1.00 bits per heavy atom. The van der Waals surface area contributed by atoms with E-state index < -0.39 is 0 Å². The number of rotatable bonds is 7. The van der Waals surface area contributed by atoms with Gasteiger partial charge in [0, 0.05) is 12.1 Å². The van der Waals surface area contributed by atoms with Crippen molar-refractivity contribution < 1.29 is 9.53 Å². The first-order chi connectivity index (χ1) is 14.2. The first-order valence-corrected chi connectivity index (χ1v) is 11.1. The van der Waals surface area contributed by atoms with Gasteiger partial charge in [0.25, 0.3) is 5.91 Å². The van der Waals surface area contributed by atoms with Gasteiger partial charge in [0.2, 0.25) is 0 Å². The van der Waals surface area contributed by atoms with Gasteiger partial charge in [-0.2, -0.15) is 0 Å². The second kappa shape index (κ2) is 9.65. The van der Waals surface area contributed by atoms with Gasteiger partial charge in [0.15, 0.2) is 0 Å². The van der Waals surface area contributed by atoms with E-state index in [2.05, 4.69) is 55.3 Å². The summed E-state index contributed by atoms with van der Waals surface area (Å²) in [5.41, 5.74) is 3.40. The van der Waals surface area contributed by atoms with Gasteiger partial charge in [-0.25, -0.2) is 0 Å². The fourth-order valence-electron chi connectivity index (χ4n) is 3.96. The summed E-state index contributed by atoms with van der Waals surface area (Å²) in [5, 5.41) is 3.16. The summed E-state index contributed by atoms with van der Waals surface area (Å²) >= 11 is 0. The molecule has 1 amide bonds. The largest absolute Gasteiger partial charge is 0.491 e. The van der Waals surface area contributed by atoms with E-state index in [9.17, 15) is 4.79 Å². The van der Waals surface area contributed by atoms with Crippen LogP contribution in [0.3, 0.4) is 0 Å². The Balaban J connectivity index is 1.69. The Morgan fingerprint density at radius 3 is 2.13 bits per heavy atom. The molecule has 0 saturated carbocycles. The molecule has 1 heterocycles. The molecule has 1 aliphatic rings. The Kier molecular flexibility index (Phi) is 7.19. The predicted molar refractivity (Wildman–Crippen MR) is 123 cm³/mol. The quantitative estimate of drug-likeness (QED) is 0.672. The SMILES string of the molecule is CC(C)Oc1ccc(C(=O)NC[C@H](c2ccc(C(C)(C)C)cc2)N2CCCC2)cc1. The highest BCUT2D eigenvalue weighted by Crippen LogP contribution is 2.28. The lowest BCUT2D eigenvalue weighted by atomic mass is 9.86. The minimum Gasteiger partial charge on any atom is -0.491 e. The average molecular weight is 409 g/mol. The van der Waals surface area contributed by atoms with Gasteiger partial charge >= 0.3 is 0 Å². The van der Waals surface area contributed by atoms with Crippen LogP contribution in [-0.2, 0) is 5.41 Å². The third kappa shape index (κ3) is 5.85. The first kappa shape index (κ1) is 22.4. The lowest BCUT2D eigenvalue weighted by Gasteiger charge is -2.29. The number of likely N-dealkylation sites (tertiary alicyclic amines) is 1. The summed E-state index contributed by atoms with van der Waals surface area (Å²) in [7, 11) is 0. The van der Waals surface area contributed by atoms with Crippen molar-refractivity contribution in [1.29, 1.82) is 0 Å². The lowest BCUT2D eigenvalue weighted by Crippen LogP contribution is -2.36. The molecule has 0 unspecified atom stereocenters. The average Bonchev–Trinajstić information content (AvgIpc) is 3.22. The molecular formula is C26H36N2O2. The van der Waals surface area contributed by atoms with Crippen LogP contribution in [0.25, 0.3) is 0 Å². The smallest absolute Gasteiger partial charge is 0.251 e. The molecule has 0 radical (unpaired) electrons. The topological polar surface area (TPSA) is 41.6 Å². The highest BCUT2D eigenvalue weighted by Gasteiger charge is 2.25. The molecule has 1 saturated heterocycles. The predicted octanol–water partition coefficient (Wildman–Crippen LogP) is 5.34. The monoisotopic (exact) mass is 408 g/mol. The van der Waals surface area contributed by atoms with E-state index in [0.717, 1.165) is 18.8 Å². The van der Waals surface area contributed by atoms with Crippen molar-refractivity contribution in [3.05, 3.63) is 65.2 Å². The summed E-state index contributed by atoms with van der Waals surface area (Å²) in [6.45, 7) is 13.5. The molecular weight excluding hydrogens is 372 g/mol. The van der Waals surface area contributed by atoms with Crippen molar-refractivity contribution in [3.63, 3.8) is 0 Å². The van der Waals surface area contributed by atoms with E-state index in [1.165, 1.54) is 24.0 Å². The van der Waals surface area contributed by atoms with Crippen molar-refractivity contribution in [3.8, 4) is 5.75 Å². The fraction of sp³-hybridized carbons (Fsp3) is 0.500. The number of nitrogens with one attached hydrogen (secondary N) is 1. The fourth-order valence-corrected chi connectivity index (χ4v) is 3.96. The van der Waals surface area contributed by atoms with Crippen molar-refractivity contribution in [2.75, 3.05) is 19.6 Å². The molecule has 3 rings (SSSR count). The second-order valence-corrected chi connectivity index (χ2v) is 9.53. The number of hydrogen-bond acceptors (Lipinski definition) is 3. The van der Waals surface area contributed by atoms with Crippen LogP contribution in [0.1, 0.15) is 75.0 Å². The minimum absolute atomic E-state index is 0.0402. The molecule has 1 fully saturated rings. The number of carbonyl (C=O) groups excluding carboxylic acids is 1. The summed E-state index contributed by atoms with van der Waals surface area (Å²) in [4.78, 5) is 15.2. The molecule has 1 atom stereocenters. The highest BCUT2D eigenvalue weighted by molar-refractivity contribution is 5.94. The van der Waals surface area contributed by atoms with Gasteiger partial charge in [-0.05, 0) is 80.6 Å². The first-order valence-electron chi connectivity index (χ1n) is 11.1. The molecule has 0 bridgehead atoms. The number of hydrogen-bond donors (Lipinski definition) is 1. The molecule has 2 aromatic rings. The van der Waals surface area contributed by atoms with Gasteiger partial charge in [-0.15, -0.1) is 0 Å². The Labute approximate surface area is 181 Å². The zero-order valence-electron chi connectivity index (χ0n) is 19.1. The second-order valence-electron chi connectivity index (χ2n) is 9.53. The normalized spacial score (nSPS) is 15.9. The van der Waals surface area contributed by atoms with Crippen LogP contribution in [0, 0.1) is 0 Å². The van der Waals surface area contributed by atoms with E-state index in [1.807, 2.05) is 38.1 Å². The molecule has 4 nitrogen and oxygen atoms in total. The molecule has 162 valence electrons. The van der Waals surface area contributed by atoms with E-state index in [-0.39, 0.29) is 23.5 Å². The van der Waals surface area contributed by atoms with Gasteiger partial charge in [-0.1, -0.05) is 45.0 Å². The van der Waals surface area contributed by atoms with Crippen LogP contribution in [0.2, 0.25) is 0 Å². The van der Waals surface area contributed by atoms with E-state index >= 15 is 0 Å². The number of ether oxygens (including phenoxy) is 1. The zero-order valence-corrected chi connectivity index (χ0v) is 19.1. The zero-order chi connectivity index (χ0) is 21.7. The molecule has 4 heteroatoms. The van der Waals surface area contributed by atoms with Gasteiger partial charge in [-0.3, -0.25) is 9.69 Å². The van der Waals surface area contributed by atoms with Crippen molar-refractivity contribution >= 4 is 5.91 Å². The van der Waals surface area contributed by atoms with E-state index in [4.69, 9.17) is 4.74 Å².